The van der Waals surface area contributed by atoms with Crippen LogP contribution in [0.5, 0.6) is 0 Å². The molecule has 1 atom stereocenters. The zero-order valence-electron chi connectivity index (χ0n) is 8.70. The van der Waals surface area contributed by atoms with Crippen molar-refractivity contribution in [2.24, 2.45) is 0 Å². The van der Waals surface area contributed by atoms with E-state index < -0.39 is 12.2 Å². The Bertz CT molecular complexity index is 509. The zero-order valence-corrected chi connectivity index (χ0v) is 8.70. The predicted molar refractivity (Wildman–Crippen MR) is 55.8 cm³/mol. The van der Waals surface area contributed by atoms with Crippen molar-refractivity contribution in [1.82, 2.24) is 15.0 Å². The van der Waals surface area contributed by atoms with Crippen LogP contribution in [0.3, 0.4) is 0 Å². The number of nitrogens with zero attached hydrogens (tertiary/aromatic N) is 3. The molecule has 0 spiro atoms. The number of hydrogen-bond donors (Lipinski definition) is 1. The van der Waals surface area contributed by atoms with Gasteiger partial charge in [-0.25, -0.2) is 9.48 Å². The smallest absolute Gasteiger partial charge is 0.356 e. The summed E-state index contributed by atoms with van der Waals surface area (Å²) in [6, 6.07) is 7.14. The van der Waals surface area contributed by atoms with Gasteiger partial charge in [0, 0.05) is 6.61 Å². The van der Waals surface area contributed by atoms with Crippen molar-refractivity contribution in [2.45, 2.75) is 13.2 Å². The van der Waals surface area contributed by atoms with Gasteiger partial charge < -0.3 is 9.84 Å². The first kappa shape index (κ1) is 10.6. The van der Waals surface area contributed by atoms with Crippen LogP contribution in [0.15, 0.2) is 24.3 Å². The fourth-order valence-electron chi connectivity index (χ4n) is 1.46. The van der Waals surface area contributed by atoms with Gasteiger partial charge in [-0.05, 0) is 19.1 Å². The van der Waals surface area contributed by atoms with Gasteiger partial charge in [0.25, 0.3) is 6.23 Å². The highest BCUT2D eigenvalue weighted by Gasteiger charge is 2.22. The monoisotopic (exact) mass is 221 g/mol. The number of rotatable bonds is 4. The van der Waals surface area contributed by atoms with E-state index in [1.165, 1.54) is 4.68 Å². The summed E-state index contributed by atoms with van der Waals surface area (Å²) in [7, 11) is 0. The minimum Gasteiger partial charge on any atom is -0.478 e. The first-order valence-corrected chi connectivity index (χ1v) is 4.88. The lowest BCUT2D eigenvalue weighted by Gasteiger charge is -2.12. The SMILES string of the molecule is CCOC(C(=O)O)n1nnc2ccccc21. The molecule has 0 radical (unpaired) electrons. The van der Waals surface area contributed by atoms with Gasteiger partial charge in [0.2, 0.25) is 0 Å². The van der Waals surface area contributed by atoms with E-state index in [0.29, 0.717) is 17.6 Å². The maximum absolute atomic E-state index is 11.0. The minimum atomic E-state index is -1.13. The summed E-state index contributed by atoms with van der Waals surface area (Å²) in [6.45, 7) is 2.03. The molecular weight excluding hydrogens is 210 g/mol. The van der Waals surface area contributed by atoms with Crippen molar-refractivity contribution in [2.75, 3.05) is 6.61 Å². The van der Waals surface area contributed by atoms with Gasteiger partial charge in [0.1, 0.15) is 5.52 Å². The lowest BCUT2D eigenvalue weighted by atomic mass is 10.3. The molecule has 0 bridgehead atoms. The van der Waals surface area contributed by atoms with Gasteiger partial charge >= 0.3 is 5.97 Å². The Hall–Kier alpha value is -1.95. The lowest BCUT2D eigenvalue weighted by Crippen LogP contribution is -2.23. The molecule has 2 rings (SSSR count). The zero-order chi connectivity index (χ0) is 11.5. The molecule has 2 aromatic rings. The summed E-state index contributed by atoms with van der Waals surface area (Å²) < 4.78 is 6.38. The minimum absolute atomic E-state index is 0.297. The van der Waals surface area contributed by atoms with Crippen molar-refractivity contribution < 1.29 is 14.6 Å². The van der Waals surface area contributed by atoms with Crippen molar-refractivity contribution in [1.29, 1.82) is 0 Å². The maximum Gasteiger partial charge on any atom is 0.356 e. The van der Waals surface area contributed by atoms with E-state index in [9.17, 15) is 4.79 Å². The number of ether oxygens (including phenoxy) is 1. The number of fused-ring (bicyclic) bond motifs is 1. The normalized spacial score (nSPS) is 12.8. The third kappa shape index (κ3) is 1.74. The molecule has 0 aliphatic rings. The molecule has 84 valence electrons. The number of aromatic nitrogens is 3. The van der Waals surface area contributed by atoms with Crippen molar-refractivity contribution >= 4 is 17.0 Å². The van der Waals surface area contributed by atoms with Gasteiger partial charge in [0.15, 0.2) is 0 Å². The number of hydrogen-bond acceptors (Lipinski definition) is 4. The highest BCUT2D eigenvalue weighted by Crippen LogP contribution is 2.16. The number of para-hydroxylation sites is 1. The summed E-state index contributed by atoms with van der Waals surface area (Å²) in [5.41, 5.74) is 1.29. The molecule has 6 nitrogen and oxygen atoms in total. The third-order valence-corrected chi connectivity index (χ3v) is 2.14. The molecule has 0 aliphatic carbocycles. The summed E-state index contributed by atoms with van der Waals surface area (Å²) in [6.07, 6.45) is -1.13. The first-order valence-electron chi connectivity index (χ1n) is 4.88. The van der Waals surface area contributed by atoms with E-state index in [-0.39, 0.29) is 0 Å². The second-order valence-corrected chi connectivity index (χ2v) is 3.17. The van der Waals surface area contributed by atoms with E-state index >= 15 is 0 Å². The van der Waals surface area contributed by atoms with Gasteiger partial charge in [-0.3, -0.25) is 0 Å². The molecule has 0 aliphatic heterocycles. The maximum atomic E-state index is 11.0. The van der Waals surface area contributed by atoms with E-state index in [1.807, 2.05) is 6.07 Å². The molecule has 1 aromatic carbocycles. The summed E-state index contributed by atoms with van der Waals surface area (Å²) >= 11 is 0. The molecule has 1 unspecified atom stereocenters. The van der Waals surface area contributed by atoms with Crippen LogP contribution in [-0.4, -0.2) is 32.7 Å². The summed E-state index contributed by atoms with van der Waals surface area (Å²) in [5.74, 6) is -1.09. The molecule has 1 N–H and O–H groups in total. The Morgan fingerprint density at radius 1 is 1.56 bits per heavy atom. The molecule has 1 aromatic heterocycles. The van der Waals surface area contributed by atoms with Crippen molar-refractivity contribution in [3.05, 3.63) is 24.3 Å². The van der Waals surface area contributed by atoms with Crippen LogP contribution in [-0.2, 0) is 9.53 Å². The Kier molecular flexibility index (Phi) is 2.82. The number of carboxylic acid groups (broad SMARTS) is 1. The first-order chi connectivity index (χ1) is 7.74. The quantitative estimate of drug-likeness (QED) is 0.834. The van der Waals surface area contributed by atoms with Crippen LogP contribution in [0.2, 0.25) is 0 Å². The van der Waals surface area contributed by atoms with Gasteiger partial charge in [-0.2, -0.15) is 0 Å². The Morgan fingerprint density at radius 2 is 2.31 bits per heavy atom. The highest BCUT2D eigenvalue weighted by atomic mass is 16.5. The van der Waals surface area contributed by atoms with E-state index in [4.69, 9.17) is 9.84 Å². The number of carbonyl (C=O) groups is 1. The van der Waals surface area contributed by atoms with Gasteiger partial charge in [-0.1, -0.05) is 17.3 Å². The number of carboxylic acids is 1. The fraction of sp³-hybridized carbons (Fsp3) is 0.300. The van der Waals surface area contributed by atoms with E-state index in [0.717, 1.165) is 0 Å². The van der Waals surface area contributed by atoms with Gasteiger partial charge in [0.05, 0.1) is 5.52 Å². The van der Waals surface area contributed by atoms with Crippen LogP contribution < -0.4 is 0 Å². The van der Waals surface area contributed by atoms with Crippen LogP contribution in [0, 0.1) is 0 Å². The molecule has 0 saturated heterocycles. The van der Waals surface area contributed by atoms with Crippen LogP contribution >= 0.6 is 0 Å². The van der Waals surface area contributed by atoms with E-state index in [1.54, 1.807) is 25.1 Å². The average Bonchev–Trinajstić information content (AvgIpc) is 2.69. The number of benzene rings is 1. The second kappa shape index (κ2) is 4.28. The van der Waals surface area contributed by atoms with Crippen molar-refractivity contribution in [3.8, 4) is 0 Å². The Morgan fingerprint density at radius 3 is 3.00 bits per heavy atom. The van der Waals surface area contributed by atoms with Crippen LogP contribution in [0.1, 0.15) is 13.2 Å². The molecule has 0 fully saturated rings. The average molecular weight is 221 g/mol. The molecule has 0 amide bonds. The second-order valence-electron chi connectivity index (χ2n) is 3.17. The fourth-order valence-corrected chi connectivity index (χ4v) is 1.46. The van der Waals surface area contributed by atoms with Crippen LogP contribution in [0.25, 0.3) is 11.0 Å². The highest BCUT2D eigenvalue weighted by molar-refractivity contribution is 5.77. The van der Waals surface area contributed by atoms with Crippen molar-refractivity contribution in [3.63, 3.8) is 0 Å². The Balaban J connectivity index is 2.48. The molecule has 1 heterocycles. The molecule has 6 heteroatoms. The van der Waals surface area contributed by atoms with Crippen LogP contribution in [0.4, 0.5) is 0 Å². The Labute approximate surface area is 91.4 Å². The van der Waals surface area contributed by atoms with Gasteiger partial charge in [-0.15, -0.1) is 5.10 Å². The molecule has 16 heavy (non-hydrogen) atoms. The van der Waals surface area contributed by atoms with E-state index in [2.05, 4.69) is 10.3 Å². The largest absolute Gasteiger partial charge is 0.478 e. The topological polar surface area (TPSA) is 77.2 Å². The predicted octanol–water partition coefficient (Wildman–Crippen LogP) is 1.05. The molecular formula is C10H11N3O3. The summed E-state index contributed by atoms with van der Waals surface area (Å²) in [5, 5.41) is 16.7. The lowest BCUT2D eigenvalue weighted by molar-refractivity contribution is -0.157. The standard InChI is InChI=1S/C10H11N3O3/c1-2-16-9(10(14)15)13-8-6-4-3-5-7(8)11-12-13/h3-6,9H,2H2,1H3,(H,14,15). The third-order valence-electron chi connectivity index (χ3n) is 2.14. The summed E-state index contributed by atoms with van der Waals surface area (Å²) in [4.78, 5) is 11.0. The molecule has 0 saturated carbocycles. The number of aliphatic carboxylic acids is 1.